The topological polar surface area (TPSA) is 110 Å². The van der Waals surface area contributed by atoms with Gasteiger partial charge in [0.1, 0.15) is 22.8 Å². The van der Waals surface area contributed by atoms with Crippen molar-refractivity contribution >= 4 is 22.6 Å². The van der Waals surface area contributed by atoms with Gasteiger partial charge in [-0.2, -0.15) is 5.26 Å². The summed E-state index contributed by atoms with van der Waals surface area (Å²) in [4.78, 5) is 28.6. The zero-order valence-corrected chi connectivity index (χ0v) is 15.7. The zero-order valence-electron chi connectivity index (χ0n) is 15.7. The first-order valence-electron chi connectivity index (χ1n) is 9.22. The quantitative estimate of drug-likeness (QED) is 0.526. The van der Waals surface area contributed by atoms with E-state index in [-0.39, 0.29) is 29.3 Å². The number of ether oxygens (including phenoxy) is 1. The van der Waals surface area contributed by atoms with Gasteiger partial charge in [-0.25, -0.2) is 4.79 Å². The molecule has 2 aliphatic rings. The van der Waals surface area contributed by atoms with Crippen molar-refractivity contribution in [2.45, 2.75) is 5.41 Å². The Labute approximate surface area is 170 Å². The van der Waals surface area contributed by atoms with Crippen LogP contribution in [0, 0.1) is 11.3 Å². The van der Waals surface area contributed by atoms with Crippen molar-refractivity contribution in [3.05, 3.63) is 94.2 Å². The number of fused-ring (bicyclic) bond motifs is 6. The predicted octanol–water partition coefficient (Wildman–Crippen LogP) is 2.70. The summed E-state index contributed by atoms with van der Waals surface area (Å²) in [7, 11) is 0. The first-order valence-corrected chi connectivity index (χ1v) is 9.22. The largest absolute Gasteiger partial charge is 0.439 e. The van der Waals surface area contributed by atoms with Crippen LogP contribution in [-0.4, -0.2) is 12.5 Å². The SMILES string of the molecule is C=CCN1C(=O)[C@@]2(C(C#N)=C(N)Oc3c2c(=O)oc2ccccc32)c2ccccc21. The number of hydrogen-bond donors (Lipinski definition) is 1. The summed E-state index contributed by atoms with van der Waals surface area (Å²) in [5.41, 5.74) is 4.80. The van der Waals surface area contributed by atoms with Crippen LogP contribution >= 0.6 is 0 Å². The van der Waals surface area contributed by atoms with E-state index in [9.17, 15) is 14.9 Å². The Morgan fingerprint density at radius 2 is 1.90 bits per heavy atom. The second-order valence-electron chi connectivity index (χ2n) is 7.01. The van der Waals surface area contributed by atoms with Crippen LogP contribution in [0.1, 0.15) is 11.1 Å². The summed E-state index contributed by atoms with van der Waals surface area (Å²) in [6.07, 6.45) is 1.58. The van der Waals surface area contributed by atoms with Gasteiger partial charge in [-0.05, 0) is 18.2 Å². The van der Waals surface area contributed by atoms with Gasteiger partial charge in [0.05, 0.1) is 5.39 Å². The lowest BCUT2D eigenvalue weighted by molar-refractivity contribution is -0.120. The molecule has 2 N–H and O–H groups in total. The molecule has 3 aromatic rings. The highest BCUT2D eigenvalue weighted by molar-refractivity contribution is 6.14. The normalized spacial score (nSPS) is 19.4. The van der Waals surface area contributed by atoms with Crippen molar-refractivity contribution in [2.24, 2.45) is 5.73 Å². The van der Waals surface area contributed by atoms with E-state index >= 15 is 0 Å². The van der Waals surface area contributed by atoms with Crippen LogP contribution in [0.3, 0.4) is 0 Å². The molecule has 0 bridgehead atoms. The van der Waals surface area contributed by atoms with Crippen molar-refractivity contribution in [2.75, 3.05) is 11.4 Å². The lowest BCUT2D eigenvalue weighted by Gasteiger charge is -2.33. The minimum atomic E-state index is -1.75. The van der Waals surface area contributed by atoms with Gasteiger partial charge in [-0.15, -0.1) is 6.58 Å². The van der Waals surface area contributed by atoms with E-state index in [1.165, 1.54) is 4.90 Å². The molecular weight excluding hydrogens is 382 g/mol. The summed E-state index contributed by atoms with van der Waals surface area (Å²) in [5.74, 6) is -0.568. The van der Waals surface area contributed by atoms with E-state index in [2.05, 4.69) is 6.58 Å². The van der Waals surface area contributed by atoms with Crippen molar-refractivity contribution in [1.82, 2.24) is 0 Å². The Bertz CT molecular complexity index is 1400. The van der Waals surface area contributed by atoms with Gasteiger partial charge in [-0.3, -0.25) is 4.79 Å². The Morgan fingerprint density at radius 3 is 2.67 bits per heavy atom. The number of rotatable bonds is 2. The van der Waals surface area contributed by atoms with Gasteiger partial charge in [0.2, 0.25) is 11.8 Å². The monoisotopic (exact) mass is 397 g/mol. The molecular formula is C23H15N3O4. The van der Waals surface area contributed by atoms with Crippen LogP contribution in [0.15, 0.2) is 81.9 Å². The number of hydrogen-bond acceptors (Lipinski definition) is 6. The van der Waals surface area contributed by atoms with E-state index in [4.69, 9.17) is 14.9 Å². The number of carbonyl (C=O) groups is 1. The molecule has 5 rings (SSSR count). The van der Waals surface area contributed by atoms with Crippen LogP contribution in [-0.2, 0) is 10.2 Å². The average molecular weight is 397 g/mol. The third-order valence-electron chi connectivity index (χ3n) is 5.56. The molecule has 0 saturated heterocycles. The minimum absolute atomic E-state index is 0.0454. The second-order valence-corrected chi connectivity index (χ2v) is 7.01. The Kier molecular flexibility index (Phi) is 3.61. The average Bonchev–Trinajstić information content (AvgIpc) is 2.98. The van der Waals surface area contributed by atoms with Crippen LogP contribution in [0.4, 0.5) is 5.69 Å². The number of carbonyl (C=O) groups excluding carboxylic acids is 1. The van der Waals surface area contributed by atoms with Crippen LogP contribution in [0.25, 0.3) is 11.0 Å². The van der Waals surface area contributed by atoms with E-state index in [1.54, 1.807) is 54.6 Å². The maximum Gasteiger partial charge on any atom is 0.345 e. The molecule has 0 aliphatic carbocycles. The van der Waals surface area contributed by atoms with Crippen molar-refractivity contribution in [1.29, 1.82) is 5.26 Å². The smallest absolute Gasteiger partial charge is 0.345 e. The summed E-state index contributed by atoms with van der Waals surface area (Å²) >= 11 is 0. The van der Waals surface area contributed by atoms with Gasteiger partial charge in [0.15, 0.2) is 11.2 Å². The number of para-hydroxylation sites is 2. The number of nitriles is 1. The molecule has 1 atom stereocenters. The molecule has 0 radical (unpaired) electrons. The Hall–Kier alpha value is -4.31. The molecule has 7 nitrogen and oxygen atoms in total. The Morgan fingerprint density at radius 1 is 1.17 bits per heavy atom. The summed E-state index contributed by atoms with van der Waals surface area (Å²) in [6, 6.07) is 15.8. The zero-order chi connectivity index (χ0) is 21.0. The first-order chi connectivity index (χ1) is 14.6. The molecule has 30 heavy (non-hydrogen) atoms. The van der Waals surface area contributed by atoms with Crippen LogP contribution in [0.5, 0.6) is 5.75 Å². The third kappa shape index (κ3) is 1.97. The number of nitrogens with two attached hydrogens (primary N) is 1. The van der Waals surface area contributed by atoms with E-state index < -0.39 is 16.9 Å². The third-order valence-corrected chi connectivity index (χ3v) is 5.56. The van der Waals surface area contributed by atoms with E-state index in [0.29, 0.717) is 22.2 Å². The molecule has 7 heteroatoms. The van der Waals surface area contributed by atoms with Crippen molar-refractivity contribution in [3.8, 4) is 11.8 Å². The predicted molar refractivity (Wildman–Crippen MR) is 110 cm³/mol. The standard InChI is InChI=1S/C23H15N3O4/c1-2-11-26-16-9-5-4-8-14(16)23(22(26)28)15(12-24)20(25)30-19-13-7-3-6-10-17(13)29-21(27)18(19)23/h2-10H,1,11,25H2/t23-/m1/s1. The maximum absolute atomic E-state index is 13.9. The Balaban J connectivity index is 2.00. The lowest BCUT2D eigenvalue weighted by Crippen LogP contribution is -2.48. The fraction of sp³-hybridized carbons (Fsp3) is 0.0870. The van der Waals surface area contributed by atoms with Crippen molar-refractivity contribution < 1.29 is 13.9 Å². The van der Waals surface area contributed by atoms with Crippen molar-refractivity contribution in [3.63, 3.8) is 0 Å². The molecule has 146 valence electrons. The highest BCUT2D eigenvalue weighted by atomic mass is 16.5. The number of anilines is 1. The van der Waals surface area contributed by atoms with Gasteiger partial charge in [0, 0.05) is 17.8 Å². The van der Waals surface area contributed by atoms with Crippen LogP contribution in [0.2, 0.25) is 0 Å². The number of nitrogens with zero attached hydrogens (tertiary/aromatic N) is 2. The summed E-state index contributed by atoms with van der Waals surface area (Å²) in [5, 5.41) is 10.5. The highest BCUT2D eigenvalue weighted by Crippen LogP contribution is 2.55. The van der Waals surface area contributed by atoms with Gasteiger partial charge >= 0.3 is 5.63 Å². The molecule has 1 aromatic heterocycles. The maximum atomic E-state index is 13.9. The fourth-order valence-electron chi connectivity index (χ4n) is 4.41. The molecule has 2 aliphatic heterocycles. The van der Waals surface area contributed by atoms with E-state index in [1.807, 2.05) is 6.07 Å². The molecule has 2 aromatic carbocycles. The molecule has 0 fully saturated rings. The minimum Gasteiger partial charge on any atom is -0.439 e. The molecule has 3 heterocycles. The number of amides is 1. The molecule has 0 unspecified atom stereocenters. The van der Waals surface area contributed by atoms with Crippen LogP contribution < -0.4 is 21.0 Å². The second kappa shape index (κ2) is 6.09. The van der Waals surface area contributed by atoms with Gasteiger partial charge in [-0.1, -0.05) is 36.4 Å². The molecule has 1 spiro atoms. The summed E-state index contributed by atoms with van der Waals surface area (Å²) in [6.45, 7) is 3.92. The highest BCUT2D eigenvalue weighted by Gasteiger charge is 2.61. The van der Waals surface area contributed by atoms with Gasteiger partial charge < -0.3 is 19.8 Å². The number of benzene rings is 2. The summed E-state index contributed by atoms with van der Waals surface area (Å²) < 4.78 is 11.3. The lowest BCUT2D eigenvalue weighted by atomic mass is 9.69. The van der Waals surface area contributed by atoms with Gasteiger partial charge in [0.25, 0.3) is 0 Å². The molecule has 1 amide bonds. The first kappa shape index (κ1) is 17.8. The van der Waals surface area contributed by atoms with E-state index in [0.717, 1.165) is 0 Å². The fourth-order valence-corrected chi connectivity index (χ4v) is 4.41. The molecule has 0 saturated carbocycles.